The molecule has 0 radical (unpaired) electrons. The molecule has 0 atom stereocenters. The molecule has 0 aliphatic heterocycles. The van der Waals surface area contributed by atoms with Crippen LogP contribution in [0.3, 0.4) is 0 Å². The van der Waals surface area contributed by atoms with E-state index in [0.717, 1.165) is 11.1 Å². The van der Waals surface area contributed by atoms with Crippen molar-refractivity contribution in [3.63, 3.8) is 0 Å². The molecule has 1 aromatic rings. The average Bonchev–Trinajstić information content (AvgIpc) is 2.14. The van der Waals surface area contributed by atoms with Gasteiger partial charge in [0.2, 0.25) is 0 Å². The van der Waals surface area contributed by atoms with Crippen LogP contribution >= 0.6 is 28.6 Å². The van der Waals surface area contributed by atoms with Gasteiger partial charge in [0.1, 0.15) is 5.75 Å². The summed E-state index contributed by atoms with van der Waals surface area (Å²) >= 11 is 11.0. The molecule has 0 amide bonds. The van der Waals surface area contributed by atoms with E-state index in [9.17, 15) is 4.57 Å². The van der Waals surface area contributed by atoms with Crippen LogP contribution in [0, 0.1) is 0 Å². The molecule has 0 saturated heterocycles. The highest BCUT2D eigenvalue weighted by atomic mass is 35.9. The molecule has 1 aromatic carbocycles. The lowest BCUT2D eigenvalue weighted by molar-refractivity contribution is 0.502. The van der Waals surface area contributed by atoms with Crippen LogP contribution in [0.1, 0.15) is 50.7 Å². The van der Waals surface area contributed by atoms with Crippen LogP contribution in [0.2, 0.25) is 0 Å². The molecule has 0 fully saturated rings. The van der Waals surface area contributed by atoms with Crippen molar-refractivity contribution < 1.29 is 9.09 Å². The van der Waals surface area contributed by atoms with E-state index in [2.05, 4.69) is 0 Å². The molecule has 17 heavy (non-hydrogen) atoms. The summed E-state index contributed by atoms with van der Waals surface area (Å²) in [6, 6.07) is 5.84. The molecular formula is C12H17Cl2O2P. The van der Waals surface area contributed by atoms with Crippen molar-refractivity contribution in [1.29, 1.82) is 0 Å². The SMILES string of the molecule is CC(C)c1cccc(C(C)C)c1OP(=O)(Cl)Cl. The number of benzene rings is 1. The van der Waals surface area contributed by atoms with Gasteiger partial charge in [0.05, 0.1) is 0 Å². The van der Waals surface area contributed by atoms with E-state index in [1.165, 1.54) is 0 Å². The van der Waals surface area contributed by atoms with E-state index in [0.29, 0.717) is 5.75 Å². The van der Waals surface area contributed by atoms with Crippen LogP contribution in [-0.4, -0.2) is 0 Å². The Morgan fingerprint density at radius 1 is 1.06 bits per heavy atom. The molecule has 0 bridgehead atoms. The maximum atomic E-state index is 11.4. The van der Waals surface area contributed by atoms with E-state index in [1.54, 1.807) is 0 Å². The molecule has 0 spiro atoms. The molecule has 0 aliphatic rings. The number of hydrogen-bond acceptors (Lipinski definition) is 2. The third-order valence-electron chi connectivity index (χ3n) is 2.52. The molecule has 0 aliphatic carbocycles. The molecule has 0 N–H and O–H groups in total. The zero-order chi connectivity index (χ0) is 13.2. The molecular weight excluding hydrogens is 278 g/mol. The van der Waals surface area contributed by atoms with Gasteiger partial charge in [-0.05, 0) is 23.0 Å². The summed E-state index contributed by atoms with van der Waals surface area (Å²) < 4.78 is 16.7. The number of rotatable bonds is 4. The Hall–Kier alpha value is -0.170. The second-order valence-electron chi connectivity index (χ2n) is 4.58. The summed E-state index contributed by atoms with van der Waals surface area (Å²) in [6.07, 6.45) is -3.58. The predicted octanol–water partition coefficient (Wildman–Crippen LogP) is 5.90. The summed E-state index contributed by atoms with van der Waals surface area (Å²) in [5.41, 5.74) is 1.94. The zero-order valence-corrected chi connectivity index (χ0v) is 12.8. The lowest BCUT2D eigenvalue weighted by Crippen LogP contribution is -1.99. The minimum absolute atomic E-state index is 0.253. The second kappa shape index (κ2) is 5.65. The first-order valence-electron chi connectivity index (χ1n) is 5.54. The van der Waals surface area contributed by atoms with Crippen LogP contribution in [0.5, 0.6) is 5.75 Å². The Balaban J connectivity index is 3.34. The Kier molecular flexibility index (Phi) is 4.95. The fourth-order valence-corrected chi connectivity index (χ4v) is 2.53. The highest BCUT2D eigenvalue weighted by molar-refractivity contribution is 8.05. The summed E-state index contributed by atoms with van der Waals surface area (Å²) in [5.74, 6) is 1.07. The minimum atomic E-state index is -3.58. The van der Waals surface area contributed by atoms with Gasteiger partial charge in [-0.3, -0.25) is 0 Å². The molecule has 2 nitrogen and oxygen atoms in total. The third kappa shape index (κ3) is 4.21. The fraction of sp³-hybridized carbons (Fsp3) is 0.500. The van der Waals surface area contributed by atoms with Crippen molar-refractivity contribution in [3.05, 3.63) is 29.3 Å². The lowest BCUT2D eigenvalue weighted by atomic mass is 9.94. The predicted molar refractivity (Wildman–Crippen MR) is 74.6 cm³/mol. The molecule has 0 aromatic heterocycles. The molecule has 0 heterocycles. The molecule has 0 unspecified atom stereocenters. The quantitative estimate of drug-likeness (QED) is 0.646. The molecule has 0 saturated carbocycles. The highest BCUT2D eigenvalue weighted by Gasteiger charge is 2.23. The van der Waals surface area contributed by atoms with Crippen LogP contribution in [0.4, 0.5) is 0 Å². The third-order valence-corrected chi connectivity index (χ3v) is 3.33. The average molecular weight is 295 g/mol. The summed E-state index contributed by atoms with van der Waals surface area (Å²) in [6.45, 7) is 8.17. The normalized spacial score (nSPS) is 12.2. The largest absolute Gasteiger partial charge is 0.428 e. The summed E-state index contributed by atoms with van der Waals surface area (Å²) in [7, 11) is 0. The number of hydrogen-bond donors (Lipinski definition) is 0. The monoisotopic (exact) mass is 294 g/mol. The van der Waals surface area contributed by atoms with Gasteiger partial charge in [0.15, 0.2) is 0 Å². The van der Waals surface area contributed by atoms with Gasteiger partial charge in [0.25, 0.3) is 0 Å². The van der Waals surface area contributed by atoms with E-state index in [1.807, 2.05) is 45.9 Å². The van der Waals surface area contributed by atoms with Crippen LogP contribution in [-0.2, 0) is 4.57 Å². The van der Waals surface area contributed by atoms with Gasteiger partial charge < -0.3 is 4.52 Å². The number of halogens is 2. The first kappa shape index (κ1) is 14.9. The molecule has 5 heteroatoms. The second-order valence-corrected chi connectivity index (χ2v) is 8.78. The van der Waals surface area contributed by atoms with Crippen molar-refractivity contribution in [3.8, 4) is 5.75 Å². The topological polar surface area (TPSA) is 26.3 Å². The van der Waals surface area contributed by atoms with Crippen molar-refractivity contribution in [2.75, 3.05) is 0 Å². The Labute approximate surface area is 112 Å². The fourth-order valence-electron chi connectivity index (χ4n) is 1.69. The van der Waals surface area contributed by atoms with E-state index in [4.69, 9.17) is 27.0 Å². The van der Waals surface area contributed by atoms with Gasteiger partial charge in [-0.25, -0.2) is 4.57 Å². The van der Waals surface area contributed by atoms with E-state index in [-0.39, 0.29) is 11.8 Å². The smallest absolute Gasteiger partial charge is 0.422 e. The Morgan fingerprint density at radius 3 is 1.76 bits per heavy atom. The van der Waals surface area contributed by atoms with Crippen molar-refractivity contribution in [2.24, 2.45) is 0 Å². The van der Waals surface area contributed by atoms with Crippen molar-refractivity contribution in [2.45, 2.75) is 39.5 Å². The minimum Gasteiger partial charge on any atom is -0.422 e. The Bertz CT molecular complexity index is 412. The summed E-state index contributed by atoms with van der Waals surface area (Å²) in [4.78, 5) is 0. The molecule has 1 rings (SSSR count). The van der Waals surface area contributed by atoms with Gasteiger partial charge in [-0.15, -0.1) is 0 Å². The van der Waals surface area contributed by atoms with Crippen LogP contribution in [0.25, 0.3) is 0 Å². The number of para-hydroxylation sites is 1. The molecule has 96 valence electrons. The van der Waals surface area contributed by atoms with E-state index < -0.39 is 6.07 Å². The Morgan fingerprint density at radius 2 is 1.47 bits per heavy atom. The van der Waals surface area contributed by atoms with Crippen molar-refractivity contribution >= 4 is 28.6 Å². The van der Waals surface area contributed by atoms with Gasteiger partial charge in [0, 0.05) is 22.5 Å². The van der Waals surface area contributed by atoms with Crippen LogP contribution in [0.15, 0.2) is 18.2 Å². The maximum Gasteiger partial charge on any atom is 0.428 e. The standard InChI is InChI=1S/C12H17Cl2O2P/c1-8(2)10-6-5-7-11(9(3)4)12(10)16-17(13,14)15/h5-9H,1-4H3. The zero-order valence-electron chi connectivity index (χ0n) is 10.4. The lowest BCUT2D eigenvalue weighted by Gasteiger charge is -2.19. The van der Waals surface area contributed by atoms with Crippen molar-refractivity contribution in [1.82, 2.24) is 0 Å². The maximum absolute atomic E-state index is 11.4. The first-order valence-corrected chi connectivity index (χ1v) is 8.97. The van der Waals surface area contributed by atoms with Gasteiger partial charge in [-0.1, -0.05) is 45.9 Å². The first-order chi connectivity index (χ1) is 7.72. The van der Waals surface area contributed by atoms with E-state index >= 15 is 0 Å². The van der Waals surface area contributed by atoms with Gasteiger partial charge in [-0.2, -0.15) is 0 Å². The van der Waals surface area contributed by atoms with Gasteiger partial charge >= 0.3 is 6.07 Å². The highest BCUT2D eigenvalue weighted by Crippen LogP contribution is 2.58. The van der Waals surface area contributed by atoms with Crippen LogP contribution < -0.4 is 4.52 Å². The summed E-state index contributed by atoms with van der Waals surface area (Å²) in [5, 5.41) is 0.